The summed E-state index contributed by atoms with van der Waals surface area (Å²) in [6.45, 7) is 2.21. The van der Waals surface area contributed by atoms with Crippen LogP contribution in [0.15, 0.2) is 88.1 Å². The Morgan fingerprint density at radius 3 is 2.42 bits per heavy atom. The smallest absolute Gasteiger partial charge is 0.277 e. The van der Waals surface area contributed by atoms with Crippen molar-refractivity contribution in [2.24, 2.45) is 0 Å². The van der Waals surface area contributed by atoms with Gasteiger partial charge in [-0.25, -0.2) is 14.0 Å². The van der Waals surface area contributed by atoms with Crippen LogP contribution in [-0.4, -0.2) is 41.7 Å². The predicted molar refractivity (Wildman–Crippen MR) is 163 cm³/mol. The summed E-state index contributed by atoms with van der Waals surface area (Å²) in [6.07, 6.45) is 3.11. The number of Topliss-reactive ketones (excluding diaryl/α,β-unsaturated/α-hetero) is 1. The quantitative estimate of drug-likeness (QED) is 0.187. The van der Waals surface area contributed by atoms with E-state index in [2.05, 4.69) is 10.3 Å². The second-order valence-electron chi connectivity index (χ2n) is 10.7. The van der Waals surface area contributed by atoms with E-state index in [-0.39, 0.29) is 29.2 Å². The van der Waals surface area contributed by atoms with E-state index in [1.54, 1.807) is 60.8 Å². The highest BCUT2D eigenvalue weighted by molar-refractivity contribution is 6.04. The number of benzene rings is 3. The van der Waals surface area contributed by atoms with Crippen molar-refractivity contribution in [3.05, 3.63) is 121 Å². The first kappa shape index (κ1) is 28.0. The van der Waals surface area contributed by atoms with Gasteiger partial charge >= 0.3 is 0 Å². The van der Waals surface area contributed by atoms with Gasteiger partial charge in [-0.2, -0.15) is 0 Å². The Labute approximate surface area is 254 Å². The SMILES string of the molecule is CCOc1cc(C2C3=C(CCCC3=O)n3c(=O)c4ccccc4c(=O)n32)ccc1OCc1cn(-c2ccc([N+](=O)[O-])cc2)nn1. The molecule has 0 amide bonds. The molecule has 5 aromatic rings. The Balaban J connectivity index is 1.23. The van der Waals surface area contributed by atoms with E-state index in [0.29, 0.717) is 76.4 Å². The Kier molecular flexibility index (Phi) is 6.84. The van der Waals surface area contributed by atoms with Crippen LogP contribution in [0.5, 0.6) is 11.5 Å². The van der Waals surface area contributed by atoms with Gasteiger partial charge in [0.05, 0.1) is 39.9 Å². The van der Waals surface area contributed by atoms with E-state index in [4.69, 9.17) is 9.47 Å². The lowest BCUT2D eigenvalue weighted by molar-refractivity contribution is -0.384. The normalized spacial score (nSPS) is 15.7. The van der Waals surface area contributed by atoms with Gasteiger partial charge in [0.2, 0.25) is 0 Å². The van der Waals surface area contributed by atoms with E-state index in [1.165, 1.54) is 26.2 Å². The molecule has 3 heterocycles. The van der Waals surface area contributed by atoms with Crippen molar-refractivity contribution in [2.45, 2.75) is 38.8 Å². The van der Waals surface area contributed by atoms with Gasteiger partial charge in [-0.05, 0) is 61.7 Å². The summed E-state index contributed by atoms with van der Waals surface area (Å²) in [7, 11) is 0. The molecule has 7 rings (SSSR count). The first-order valence-corrected chi connectivity index (χ1v) is 14.4. The molecule has 2 aromatic heterocycles. The molecule has 0 fully saturated rings. The van der Waals surface area contributed by atoms with Crippen LogP contribution in [0.4, 0.5) is 5.69 Å². The molecule has 0 saturated heterocycles. The third-order valence-electron chi connectivity index (χ3n) is 8.03. The first-order valence-electron chi connectivity index (χ1n) is 14.4. The summed E-state index contributed by atoms with van der Waals surface area (Å²) in [5.41, 5.74) is 2.03. The number of hydrogen-bond donors (Lipinski definition) is 0. The number of fused-ring (bicyclic) bond motifs is 3. The summed E-state index contributed by atoms with van der Waals surface area (Å²) >= 11 is 0. The second kappa shape index (κ2) is 11.0. The second-order valence-corrected chi connectivity index (χ2v) is 10.7. The van der Waals surface area contributed by atoms with Crippen LogP contribution in [0.25, 0.3) is 22.2 Å². The average molecular weight is 607 g/mol. The third kappa shape index (κ3) is 4.69. The Morgan fingerprint density at radius 1 is 0.933 bits per heavy atom. The number of ketones is 1. The highest BCUT2D eigenvalue weighted by Crippen LogP contribution is 2.43. The minimum absolute atomic E-state index is 0.0268. The number of ether oxygens (including phenoxy) is 2. The number of rotatable bonds is 8. The van der Waals surface area contributed by atoms with Crippen LogP contribution in [0.3, 0.4) is 0 Å². The van der Waals surface area contributed by atoms with Crippen molar-refractivity contribution < 1.29 is 19.2 Å². The largest absolute Gasteiger partial charge is 0.490 e. The molecule has 0 saturated carbocycles. The number of non-ortho nitro benzene ring substituents is 1. The molecule has 1 atom stereocenters. The molecular weight excluding hydrogens is 580 g/mol. The number of carbonyl (C=O) groups excluding carboxylic acids is 1. The maximum atomic E-state index is 13.9. The molecule has 0 radical (unpaired) electrons. The van der Waals surface area contributed by atoms with E-state index in [1.807, 2.05) is 6.92 Å². The molecule has 13 heteroatoms. The molecule has 1 aliphatic carbocycles. The fraction of sp³-hybridized carbons (Fsp3) is 0.219. The first-order chi connectivity index (χ1) is 21.9. The molecule has 45 heavy (non-hydrogen) atoms. The summed E-state index contributed by atoms with van der Waals surface area (Å²) in [4.78, 5) is 51.3. The van der Waals surface area contributed by atoms with Gasteiger partial charge < -0.3 is 9.47 Å². The van der Waals surface area contributed by atoms with Crippen LogP contribution in [0.2, 0.25) is 0 Å². The fourth-order valence-electron chi connectivity index (χ4n) is 6.03. The maximum Gasteiger partial charge on any atom is 0.277 e. The molecule has 3 aromatic carbocycles. The molecule has 0 bridgehead atoms. The van der Waals surface area contributed by atoms with E-state index >= 15 is 0 Å². The van der Waals surface area contributed by atoms with Gasteiger partial charge in [-0.3, -0.25) is 24.5 Å². The molecule has 13 nitrogen and oxygen atoms in total. The van der Waals surface area contributed by atoms with Gasteiger partial charge in [0, 0.05) is 24.1 Å². The zero-order chi connectivity index (χ0) is 31.2. The maximum absolute atomic E-state index is 13.9. The topological polar surface area (TPSA) is 153 Å². The van der Waals surface area contributed by atoms with Gasteiger partial charge in [0.1, 0.15) is 18.3 Å². The van der Waals surface area contributed by atoms with Crippen molar-refractivity contribution in [1.82, 2.24) is 24.4 Å². The van der Waals surface area contributed by atoms with Crippen LogP contribution in [0.1, 0.15) is 43.5 Å². The van der Waals surface area contributed by atoms with Crippen LogP contribution in [0, 0.1) is 10.1 Å². The van der Waals surface area contributed by atoms with Gasteiger partial charge in [0.25, 0.3) is 16.8 Å². The minimum atomic E-state index is -0.799. The molecule has 226 valence electrons. The summed E-state index contributed by atoms with van der Waals surface area (Å²) in [5, 5.41) is 19.8. The average Bonchev–Trinajstić information content (AvgIpc) is 3.67. The minimum Gasteiger partial charge on any atom is -0.490 e. The third-order valence-corrected chi connectivity index (χ3v) is 8.03. The Bertz CT molecular complexity index is 2160. The zero-order valence-corrected chi connectivity index (χ0v) is 24.1. The highest BCUT2D eigenvalue weighted by atomic mass is 16.6. The number of allylic oxidation sites excluding steroid dienone is 2. The van der Waals surface area contributed by atoms with Crippen LogP contribution < -0.4 is 20.6 Å². The summed E-state index contributed by atoms with van der Waals surface area (Å²) in [5.74, 6) is 0.725. The number of nitrogens with zero attached hydrogens (tertiary/aromatic N) is 6. The fourth-order valence-corrected chi connectivity index (χ4v) is 6.03. The standard InChI is InChI=1S/C32H26N6O7/c1-2-44-28-16-19(10-15-27(28)45-18-20-17-35(34-33-20)21-11-13-22(14-12-21)38(42)43)30-29-25(8-5-9-26(29)39)36-31(40)23-6-3-4-7-24(23)32(41)37(30)36/h3-4,6-7,10-17,30H,2,5,8-9,18H2,1H3. The number of hydrogen-bond acceptors (Lipinski definition) is 9. The number of aromatic nitrogens is 5. The molecule has 2 aliphatic rings. The Morgan fingerprint density at radius 2 is 1.69 bits per heavy atom. The monoisotopic (exact) mass is 606 g/mol. The lowest BCUT2D eigenvalue weighted by Gasteiger charge is -2.20. The predicted octanol–water partition coefficient (Wildman–Crippen LogP) is 4.20. The van der Waals surface area contributed by atoms with Gasteiger partial charge in [-0.15, -0.1) is 5.10 Å². The van der Waals surface area contributed by atoms with Crippen molar-refractivity contribution in [3.63, 3.8) is 0 Å². The summed E-state index contributed by atoms with van der Waals surface area (Å²) < 4.78 is 16.3. The molecule has 0 N–H and O–H groups in total. The molecule has 0 spiro atoms. The molecule has 1 aliphatic heterocycles. The number of nitro groups is 1. The van der Waals surface area contributed by atoms with Crippen molar-refractivity contribution in [2.75, 3.05) is 6.61 Å². The number of carbonyl (C=O) groups is 1. The van der Waals surface area contributed by atoms with Crippen molar-refractivity contribution in [1.29, 1.82) is 0 Å². The van der Waals surface area contributed by atoms with E-state index in [9.17, 15) is 24.5 Å². The van der Waals surface area contributed by atoms with Crippen molar-refractivity contribution in [3.8, 4) is 17.2 Å². The molecular formula is C32H26N6O7. The zero-order valence-electron chi connectivity index (χ0n) is 24.1. The summed E-state index contributed by atoms with van der Waals surface area (Å²) in [6, 6.07) is 17.0. The van der Waals surface area contributed by atoms with Crippen LogP contribution >= 0.6 is 0 Å². The van der Waals surface area contributed by atoms with Crippen molar-refractivity contribution >= 4 is 27.9 Å². The highest BCUT2D eigenvalue weighted by Gasteiger charge is 2.40. The van der Waals surface area contributed by atoms with Gasteiger partial charge in [-0.1, -0.05) is 23.4 Å². The lowest BCUT2D eigenvalue weighted by atomic mass is 9.88. The lowest BCUT2D eigenvalue weighted by Crippen LogP contribution is -2.37. The molecule has 1 unspecified atom stereocenters. The van der Waals surface area contributed by atoms with Crippen LogP contribution in [-0.2, 0) is 11.4 Å². The van der Waals surface area contributed by atoms with E-state index in [0.717, 1.165) is 0 Å². The number of nitro benzene ring substituents is 1. The van der Waals surface area contributed by atoms with E-state index < -0.39 is 11.0 Å². The Hall–Kier alpha value is -5.85. The van der Waals surface area contributed by atoms with Gasteiger partial charge in [0.15, 0.2) is 17.3 Å².